The lowest BCUT2D eigenvalue weighted by atomic mass is 10.1. The van der Waals surface area contributed by atoms with Gasteiger partial charge in [0.05, 0.1) is 16.8 Å². The van der Waals surface area contributed by atoms with Crippen molar-refractivity contribution < 1.29 is 9.59 Å². The predicted molar refractivity (Wildman–Crippen MR) is 98.2 cm³/mol. The number of pyridine rings is 1. The van der Waals surface area contributed by atoms with Crippen molar-refractivity contribution in [3.8, 4) is 0 Å². The molecule has 2 heterocycles. The van der Waals surface area contributed by atoms with Crippen LogP contribution in [0.4, 0.5) is 11.4 Å². The molecule has 0 saturated carbocycles. The number of likely N-dealkylation sites (N-methyl/N-ethyl adjacent to an activating group) is 1. The summed E-state index contributed by atoms with van der Waals surface area (Å²) in [5.74, 6) is -0.518. The summed E-state index contributed by atoms with van der Waals surface area (Å²) in [5.41, 5.74) is 3.50. The molecule has 1 aromatic heterocycles. The summed E-state index contributed by atoms with van der Waals surface area (Å²) in [6, 6.07) is 16.7. The summed E-state index contributed by atoms with van der Waals surface area (Å²) in [4.78, 5) is 30.6. The van der Waals surface area contributed by atoms with E-state index in [1.807, 2.05) is 48.5 Å². The summed E-state index contributed by atoms with van der Waals surface area (Å²) in [6.07, 6.45) is 3.09. The standard InChI is InChI=1S/C20H15N3O2/c1-23-18-7-3-2-6-15(18)16(20(23)25)12-19(24)22-14-8-9-17-13(11-14)5-4-10-21-17/h2-12H,1H3,(H,22,24)/b16-12+. The molecular weight excluding hydrogens is 314 g/mol. The third-order valence-electron chi connectivity index (χ3n) is 4.24. The molecule has 0 fully saturated rings. The van der Waals surface area contributed by atoms with Crippen LogP contribution in [0.15, 0.2) is 66.9 Å². The highest BCUT2D eigenvalue weighted by Gasteiger charge is 2.29. The molecule has 4 rings (SSSR count). The molecule has 1 N–H and O–H groups in total. The Hall–Kier alpha value is -3.47. The summed E-state index contributed by atoms with van der Waals surface area (Å²) < 4.78 is 0. The van der Waals surface area contributed by atoms with Crippen LogP contribution in [0.25, 0.3) is 16.5 Å². The number of nitrogens with one attached hydrogen (secondary N) is 1. The van der Waals surface area contributed by atoms with E-state index in [1.165, 1.54) is 6.08 Å². The lowest BCUT2D eigenvalue weighted by Crippen LogP contribution is -2.21. The van der Waals surface area contributed by atoms with Crippen molar-refractivity contribution in [2.24, 2.45) is 0 Å². The van der Waals surface area contributed by atoms with Crippen molar-refractivity contribution >= 4 is 39.7 Å². The first-order chi connectivity index (χ1) is 12.1. The van der Waals surface area contributed by atoms with E-state index in [-0.39, 0.29) is 11.8 Å². The van der Waals surface area contributed by atoms with E-state index >= 15 is 0 Å². The second kappa shape index (κ2) is 5.87. The van der Waals surface area contributed by atoms with Crippen LogP contribution in [-0.4, -0.2) is 23.8 Å². The van der Waals surface area contributed by atoms with Crippen molar-refractivity contribution in [2.75, 3.05) is 17.3 Å². The molecule has 0 bridgehead atoms. The van der Waals surface area contributed by atoms with Crippen LogP contribution in [0.2, 0.25) is 0 Å². The Labute approximate surface area is 144 Å². The molecule has 0 unspecified atom stereocenters. The number of benzene rings is 2. The molecule has 0 atom stereocenters. The van der Waals surface area contributed by atoms with Gasteiger partial charge in [-0.15, -0.1) is 0 Å². The number of anilines is 2. The highest BCUT2D eigenvalue weighted by atomic mass is 16.2. The van der Waals surface area contributed by atoms with Gasteiger partial charge in [0.2, 0.25) is 5.91 Å². The Balaban J connectivity index is 1.63. The number of rotatable bonds is 2. The fraction of sp³-hybridized carbons (Fsp3) is 0.0500. The van der Waals surface area contributed by atoms with Crippen molar-refractivity contribution in [1.82, 2.24) is 4.98 Å². The van der Waals surface area contributed by atoms with Crippen LogP contribution in [-0.2, 0) is 9.59 Å². The lowest BCUT2D eigenvalue weighted by molar-refractivity contribution is -0.114. The highest BCUT2D eigenvalue weighted by molar-refractivity contribution is 6.35. The summed E-state index contributed by atoms with van der Waals surface area (Å²) in [5, 5.41) is 3.75. The van der Waals surface area contributed by atoms with Gasteiger partial charge in [-0.2, -0.15) is 0 Å². The first-order valence-corrected chi connectivity index (χ1v) is 7.88. The van der Waals surface area contributed by atoms with E-state index in [4.69, 9.17) is 0 Å². The minimum Gasteiger partial charge on any atom is -0.322 e. The van der Waals surface area contributed by atoms with Gasteiger partial charge in [-0.25, -0.2) is 0 Å². The smallest absolute Gasteiger partial charge is 0.258 e. The lowest BCUT2D eigenvalue weighted by Gasteiger charge is -2.08. The quantitative estimate of drug-likeness (QED) is 0.734. The van der Waals surface area contributed by atoms with Gasteiger partial charge in [0.25, 0.3) is 5.91 Å². The highest BCUT2D eigenvalue weighted by Crippen LogP contribution is 2.35. The molecule has 122 valence electrons. The third-order valence-corrected chi connectivity index (χ3v) is 4.24. The Bertz CT molecular complexity index is 1040. The Morgan fingerprint density at radius 2 is 1.96 bits per heavy atom. The average Bonchev–Trinajstić information content (AvgIpc) is 2.87. The van der Waals surface area contributed by atoms with Crippen molar-refractivity contribution in [1.29, 1.82) is 0 Å². The summed E-state index contributed by atoms with van der Waals surface area (Å²) in [7, 11) is 1.70. The summed E-state index contributed by atoms with van der Waals surface area (Å²) in [6.45, 7) is 0. The molecule has 5 heteroatoms. The minimum atomic E-state index is -0.336. The average molecular weight is 329 g/mol. The van der Waals surface area contributed by atoms with Crippen LogP contribution in [0.3, 0.4) is 0 Å². The van der Waals surface area contributed by atoms with Gasteiger partial charge in [-0.3, -0.25) is 14.6 Å². The van der Waals surface area contributed by atoms with E-state index in [9.17, 15) is 9.59 Å². The van der Waals surface area contributed by atoms with Gasteiger partial charge in [0, 0.05) is 36.0 Å². The molecular formula is C20H15N3O2. The van der Waals surface area contributed by atoms with Gasteiger partial charge in [0.1, 0.15) is 0 Å². The van der Waals surface area contributed by atoms with Crippen molar-refractivity contribution in [2.45, 2.75) is 0 Å². The second-order valence-electron chi connectivity index (χ2n) is 5.84. The van der Waals surface area contributed by atoms with E-state index in [0.29, 0.717) is 11.3 Å². The van der Waals surface area contributed by atoms with Crippen molar-refractivity contribution in [3.05, 3.63) is 72.4 Å². The number of hydrogen-bond donors (Lipinski definition) is 1. The maximum atomic E-state index is 12.4. The number of fused-ring (bicyclic) bond motifs is 2. The molecule has 3 aromatic rings. The third kappa shape index (κ3) is 2.65. The van der Waals surface area contributed by atoms with Gasteiger partial charge in [-0.05, 0) is 30.3 Å². The van der Waals surface area contributed by atoms with Gasteiger partial charge < -0.3 is 10.2 Å². The Kier molecular flexibility index (Phi) is 3.54. The van der Waals surface area contributed by atoms with Gasteiger partial charge in [0.15, 0.2) is 0 Å². The number of hydrogen-bond acceptors (Lipinski definition) is 3. The zero-order chi connectivity index (χ0) is 17.4. The van der Waals surface area contributed by atoms with Crippen LogP contribution in [0.5, 0.6) is 0 Å². The topological polar surface area (TPSA) is 62.3 Å². The number of nitrogens with zero attached hydrogens (tertiary/aromatic N) is 2. The Morgan fingerprint density at radius 1 is 1.12 bits per heavy atom. The second-order valence-corrected chi connectivity index (χ2v) is 5.84. The molecule has 2 amide bonds. The number of para-hydroxylation sites is 1. The fourth-order valence-corrected chi connectivity index (χ4v) is 3.00. The van der Waals surface area contributed by atoms with Crippen molar-refractivity contribution in [3.63, 3.8) is 0 Å². The SMILES string of the molecule is CN1C(=O)/C(=C/C(=O)Nc2ccc3ncccc3c2)c2ccccc21. The first-order valence-electron chi connectivity index (χ1n) is 7.88. The number of amides is 2. The van der Waals surface area contributed by atoms with Gasteiger partial charge in [-0.1, -0.05) is 24.3 Å². The molecule has 2 aromatic carbocycles. The molecule has 0 saturated heterocycles. The summed E-state index contributed by atoms with van der Waals surface area (Å²) >= 11 is 0. The monoisotopic (exact) mass is 329 g/mol. The largest absolute Gasteiger partial charge is 0.322 e. The fourth-order valence-electron chi connectivity index (χ4n) is 3.00. The molecule has 0 aliphatic carbocycles. The van der Waals surface area contributed by atoms with Crippen LogP contribution in [0.1, 0.15) is 5.56 Å². The molecule has 1 aliphatic heterocycles. The molecule has 0 radical (unpaired) electrons. The normalized spacial score (nSPS) is 14.8. The van der Waals surface area contributed by atoms with Crippen LogP contribution < -0.4 is 10.2 Å². The number of carbonyl (C=O) groups is 2. The Morgan fingerprint density at radius 3 is 2.84 bits per heavy atom. The maximum Gasteiger partial charge on any atom is 0.258 e. The molecule has 1 aliphatic rings. The minimum absolute atomic E-state index is 0.181. The zero-order valence-corrected chi connectivity index (χ0v) is 13.6. The molecule has 25 heavy (non-hydrogen) atoms. The number of aromatic nitrogens is 1. The van der Waals surface area contributed by atoms with E-state index in [2.05, 4.69) is 10.3 Å². The zero-order valence-electron chi connectivity index (χ0n) is 13.6. The maximum absolute atomic E-state index is 12.4. The molecule has 5 nitrogen and oxygen atoms in total. The van der Waals surface area contributed by atoms with E-state index in [0.717, 1.165) is 22.2 Å². The van der Waals surface area contributed by atoms with E-state index in [1.54, 1.807) is 24.2 Å². The first kappa shape index (κ1) is 15.1. The van der Waals surface area contributed by atoms with E-state index < -0.39 is 0 Å². The molecule has 0 spiro atoms. The predicted octanol–water partition coefficient (Wildman–Crippen LogP) is 3.23. The number of carbonyl (C=O) groups excluding carboxylic acids is 2. The van der Waals surface area contributed by atoms with Crippen LogP contribution in [0, 0.1) is 0 Å². The van der Waals surface area contributed by atoms with Gasteiger partial charge >= 0.3 is 0 Å². The van der Waals surface area contributed by atoms with Crippen LogP contribution >= 0.6 is 0 Å².